The second kappa shape index (κ2) is 6.68. The molecule has 5 rings (SSSR count). The summed E-state index contributed by atoms with van der Waals surface area (Å²) in [7, 11) is 0. The Morgan fingerprint density at radius 3 is 2.45 bits per heavy atom. The van der Waals surface area contributed by atoms with Gasteiger partial charge in [0.25, 0.3) is 0 Å². The van der Waals surface area contributed by atoms with Crippen molar-refractivity contribution in [2.45, 2.75) is 12.8 Å². The highest BCUT2D eigenvalue weighted by Crippen LogP contribution is 2.48. The third-order valence-corrected chi connectivity index (χ3v) is 5.54. The van der Waals surface area contributed by atoms with E-state index in [1.807, 2.05) is 49.4 Å². The molecule has 1 aliphatic rings. The van der Waals surface area contributed by atoms with E-state index in [2.05, 4.69) is 9.97 Å². The van der Waals surface area contributed by atoms with Gasteiger partial charge >= 0.3 is 0 Å². The number of benzene rings is 2. The molecule has 29 heavy (non-hydrogen) atoms. The van der Waals surface area contributed by atoms with E-state index < -0.39 is 0 Å². The van der Waals surface area contributed by atoms with Crippen molar-refractivity contribution in [2.24, 2.45) is 0 Å². The van der Waals surface area contributed by atoms with E-state index in [1.165, 1.54) is 0 Å². The summed E-state index contributed by atoms with van der Waals surface area (Å²) in [6, 6.07) is 16.9. The van der Waals surface area contributed by atoms with Crippen LogP contribution >= 0.6 is 24.4 Å². The van der Waals surface area contributed by atoms with E-state index >= 15 is 0 Å². The number of aromatic nitrogens is 4. The van der Waals surface area contributed by atoms with Crippen molar-refractivity contribution in [2.75, 3.05) is 0 Å². The number of ether oxygens (including phenoxy) is 1. The van der Waals surface area contributed by atoms with Crippen LogP contribution < -0.4 is 4.74 Å². The molecule has 1 aliphatic heterocycles. The molecule has 0 aliphatic carbocycles. The number of para-hydroxylation sites is 1. The molecule has 8 heteroatoms. The molecule has 3 heterocycles. The summed E-state index contributed by atoms with van der Waals surface area (Å²) in [6.45, 7) is 1.96. The van der Waals surface area contributed by atoms with Crippen LogP contribution in [0.1, 0.15) is 28.3 Å². The Balaban J connectivity index is 1.82. The molecule has 1 unspecified atom stereocenters. The summed E-state index contributed by atoms with van der Waals surface area (Å²) < 4.78 is 8.96. The van der Waals surface area contributed by atoms with Crippen LogP contribution in [0.5, 0.6) is 17.5 Å². The molecule has 2 aromatic carbocycles. The number of phenols is 1. The second-order valence-corrected chi connectivity index (χ2v) is 7.65. The third kappa shape index (κ3) is 2.88. The maximum absolute atomic E-state index is 9.76. The average Bonchev–Trinajstić information content (AvgIpc) is 3.04. The van der Waals surface area contributed by atoms with E-state index in [-0.39, 0.29) is 11.7 Å². The van der Waals surface area contributed by atoms with Crippen molar-refractivity contribution < 1.29 is 9.84 Å². The summed E-state index contributed by atoms with van der Waals surface area (Å²) in [5, 5.41) is 14.5. The maximum atomic E-state index is 9.76. The Hall–Kier alpha value is -3.23. The molecular weight excluding hydrogens is 404 g/mol. The van der Waals surface area contributed by atoms with Crippen LogP contribution in [0.15, 0.2) is 54.6 Å². The smallest absolute Gasteiger partial charge is 0.229 e. The zero-order valence-electron chi connectivity index (χ0n) is 15.3. The number of rotatable bonds is 2. The van der Waals surface area contributed by atoms with Gasteiger partial charge in [0, 0.05) is 5.92 Å². The van der Waals surface area contributed by atoms with Crippen LogP contribution in [0, 0.1) is 16.3 Å². The zero-order valence-corrected chi connectivity index (χ0v) is 17.0. The first kappa shape index (κ1) is 17.8. The lowest BCUT2D eigenvalue weighted by molar-refractivity contribution is 0.401. The summed E-state index contributed by atoms with van der Waals surface area (Å²) in [5.74, 6) is 1.10. The summed E-state index contributed by atoms with van der Waals surface area (Å²) in [5.41, 5.74) is 4.42. The summed E-state index contributed by atoms with van der Waals surface area (Å²) in [6.07, 6.45) is 0. The molecule has 0 saturated carbocycles. The van der Waals surface area contributed by atoms with Gasteiger partial charge in [0.2, 0.25) is 11.8 Å². The second-order valence-electron chi connectivity index (χ2n) is 6.83. The predicted molar refractivity (Wildman–Crippen MR) is 114 cm³/mol. The Labute approximate surface area is 176 Å². The quantitative estimate of drug-likeness (QED) is 0.338. The zero-order chi connectivity index (χ0) is 20.1. The fourth-order valence-electron chi connectivity index (χ4n) is 3.75. The van der Waals surface area contributed by atoms with Crippen LogP contribution in [0.3, 0.4) is 0 Å². The first-order chi connectivity index (χ1) is 14.0. The molecule has 0 fully saturated rings. The highest BCUT2D eigenvalue weighted by Gasteiger charge is 2.36. The SMILES string of the molecule is Cc1nn(-c2ccccc2)c2c1C(c1ccc(O)cc1)c1c([nH]c(=S)[nH]c1=S)O2. The molecule has 6 nitrogen and oxygen atoms in total. The number of phenolic OH excluding ortho intramolecular Hbond substituents is 1. The minimum absolute atomic E-state index is 0.204. The lowest BCUT2D eigenvalue weighted by Gasteiger charge is -2.26. The minimum Gasteiger partial charge on any atom is -0.508 e. The van der Waals surface area contributed by atoms with Gasteiger partial charge in [-0.05, 0) is 49.0 Å². The third-order valence-electron chi connectivity index (χ3n) is 5.01. The van der Waals surface area contributed by atoms with Crippen LogP contribution in [0.2, 0.25) is 0 Å². The number of fused-ring (bicyclic) bond motifs is 2. The molecule has 4 aromatic rings. The van der Waals surface area contributed by atoms with Gasteiger partial charge in [-0.3, -0.25) is 0 Å². The van der Waals surface area contributed by atoms with Crippen molar-refractivity contribution in [3.63, 3.8) is 0 Å². The molecule has 1 atom stereocenters. The van der Waals surface area contributed by atoms with Gasteiger partial charge in [-0.25, -0.2) is 4.68 Å². The Kier molecular flexibility index (Phi) is 4.11. The van der Waals surface area contributed by atoms with Gasteiger partial charge in [0.05, 0.1) is 22.5 Å². The summed E-state index contributed by atoms with van der Waals surface area (Å²) >= 11 is 10.9. The van der Waals surface area contributed by atoms with Gasteiger partial charge in [0.1, 0.15) is 10.4 Å². The van der Waals surface area contributed by atoms with E-state index in [4.69, 9.17) is 34.3 Å². The Bertz CT molecular complexity index is 1340. The number of nitrogens with zero attached hydrogens (tertiary/aromatic N) is 2. The van der Waals surface area contributed by atoms with Gasteiger partial charge in [-0.2, -0.15) is 5.10 Å². The molecule has 2 aromatic heterocycles. The number of aromatic hydroxyl groups is 1. The van der Waals surface area contributed by atoms with Gasteiger partial charge < -0.3 is 19.8 Å². The van der Waals surface area contributed by atoms with E-state index in [0.717, 1.165) is 28.1 Å². The molecule has 0 spiro atoms. The minimum atomic E-state index is -0.220. The topological polar surface area (TPSA) is 78.9 Å². The fraction of sp³-hybridized carbons (Fsp3) is 0.0952. The first-order valence-electron chi connectivity index (χ1n) is 9.01. The van der Waals surface area contributed by atoms with E-state index in [0.29, 0.717) is 21.2 Å². The van der Waals surface area contributed by atoms with Gasteiger partial charge in [-0.1, -0.05) is 42.5 Å². The van der Waals surface area contributed by atoms with Gasteiger partial charge in [0.15, 0.2) is 4.77 Å². The predicted octanol–water partition coefficient (Wildman–Crippen LogP) is 5.29. The Morgan fingerprint density at radius 2 is 1.72 bits per heavy atom. The number of aryl methyl sites for hydroxylation is 1. The molecule has 0 amide bonds. The number of hydrogen-bond donors (Lipinski definition) is 3. The van der Waals surface area contributed by atoms with Crippen LogP contribution in [-0.2, 0) is 0 Å². The van der Waals surface area contributed by atoms with Crippen molar-refractivity contribution in [1.82, 2.24) is 19.7 Å². The van der Waals surface area contributed by atoms with Crippen molar-refractivity contribution in [3.05, 3.63) is 86.4 Å². The van der Waals surface area contributed by atoms with Crippen LogP contribution in [-0.4, -0.2) is 24.9 Å². The Morgan fingerprint density at radius 1 is 1.00 bits per heavy atom. The van der Waals surface area contributed by atoms with Gasteiger partial charge in [-0.15, -0.1) is 0 Å². The lowest BCUT2D eigenvalue weighted by Crippen LogP contribution is -2.15. The highest BCUT2D eigenvalue weighted by atomic mass is 32.1. The van der Waals surface area contributed by atoms with Crippen molar-refractivity contribution in [3.8, 4) is 23.2 Å². The number of H-pyrrole nitrogens is 2. The lowest BCUT2D eigenvalue weighted by atomic mass is 9.85. The van der Waals surface area contributed by atoms with Crippen LogP contribution in [0.25, 0.3) is 5.69 Å². The monoisotopic (exact) mass is 420 g/mol. The van der Waals surface area contributed by atoms with Crippen molar-refractivity contribution >= 4 is 24.4 Å². The molecular formula is C21H16N4O2S2. The van der Waals surface area contributed by atoms with Crippen molar-refractivity contribution in [1.29, 1.82) is 0 Å². The highest BCUT2D eigenvalue weighted by molar-refractivity contribution is 7.72. The average molecular weight is 421 g/mol. The molecule has 3 N–H and O–H groups in total. The maximum Gasteiger partial charge on any atom is 0.229 e. The largest absolute Gasteiger partial charge is 0.508 e. The molecule has 144 valence electrons. The molecule has 0 saturated heterocycles. The van der Waals surface area contributed by atoms with Crippen LogP contribution in [0.4, 0.5) is 0 Å². The summed E-state index contributed by atoms with van der Waals surface area (Å²) in [4.78, 5) is 6.10. The van der Waals surface area contributed by atoms with E-state index in [9.17, 15) is 5.11 Å². The molecule has 0 bridgehead atoms. The number of nitrogens with one attached hydrogen (secondary N) is 2. The number of aromatic amines is 2. The standard InChI is InChI=1S/C21H16N4O2S2/c1-11-15-16(12-7-9-14(26)10-8-12)17-18(22-21(29)23-19(17)28)27-20(15)25(24-11)13-5-3-2-4-6-13/h2-10,16,26H,1H3,(H2,22,23,28,29). The fourth-order valence-corrected chi connectivity index (χ4v) is 4.32. The number of hydrogen-bond acceptors (Lipinski definition) is 5. The normalized spacial score (nSPS) is 14.7. The first-order valence-corrected chi connectivity index (χ1v) is 9.83. The van der Waals surface area contributed by atoms with E-state index in [1.54, 1.807) is 16.8 Å². The molecule has 0 radical (unpaired) electrons.